The van der Waals surface area contributed by atoms with Crippen molar-refractivity contribution in [3.8, 4) is 0 Å². The first-order valence-corrected chi connectivity index (χ1v) is 5.98. The average molecular weight is 220 g/mol. The summed E-state index contributed by atoms with van der Waals surface area (Å²) in [5.74, 6) is 0. The van der Waals surface area contributed by atoms with E-state index < -0.39 is 0 Å². The first-order chi connectivity index (χ1) is 7.56. The highest BCUT2D eigenvalue weighted by Gasteiger charge is 2.13. The molecule has 0 amide bonds. The molecule has 0 saturated heterocycles. The molecule has 0 aliphatic rings. The lowest BCUT2D eigenvalue weighted by Gasteiger charge is -2.26. The van der Waals surface area contributed by atoms with Crippen LogP contribution in [0.25, 0.3) is 0 Å². The molecule has 0 radical (unpaired) electrons. The van der Waals surface area contributed by atoms with E-state index in [1.54, 1.807) is 0 Å². The molecule has 1 atom stereocenters. The van der Waals surface area contributed by atoms with Crippen molar-refractivity contribution in [2.75, 3.05) is 27.2 Å². The smallest absolute Gasteiger partial charge is 0.0320 e. The summed E-state index contributed by atoms with van der Waals surface area (Å²) in [6.45, 7) is 8.73. The number of aryl methyl sites for hydroxylation is 2. The molecule has 2 nitrogen and oxygen atoms in total. The maximum Gasteiger partial charge on any atom is 0.0320 e. The lowest BCUT2D eigenvalue weighted by atomic mass is 9.99. The van der Waals surface area contributed by atoms with Crippen LogP contribution in [0.2, 0.25) is 0 Å². The van der Waals surface area contributed by atoms with Crippen LogP contribution < -0.4 is 5.32 Å². The Hall–Kier alpha value is -0.860. The number of hydrogen-bond donors (Lipinski definition) is 1. The Balaban J connectivity index is 2.78. The Bertz CT molecular complexity index is 334. The van der Waals surface area contributed by atoms with Crippen LogP contribution in [-0.4, -0.2) is 32.1 Å². The molecule has 0 bridgehead atoms. The van der Waals surface area contributed by atoms with E-state index in [4.69, 9.17) is 0 Å². The first kappa shape index (κ1) is 13.2. The van der Waals surface area contributed by atoms with Gasteiger partial charge in [-0.1, -0.05) is 23.8 Å². The fourth-order valence-corrected chi connectivity index (χ4v) is 1.93. The second-order valence-corrected chi connectivity index (χ2v) is 4.62. The van der Waals surface area contributed by atoms with Crippen LogP contribution in [0.5, 0.6) is 0 Å². The van der Waals surface area contributed by atoms with Crippen molar-refractivity contribution in [2.45, 2.75) is 26.8 Å². The zero-order chi connectivity index (χ0) is 12.1. The van der Waals surface area contributed by atoms with Gasteiger partial charge in [-0.2, -0.15) is 0 Å². The largest absolute Gasteiger partial charge is 0.318 e. The van der Waals surface area contributed by atoms with E-state index in [0.29, 0.717) is 6.04 Å². The maximum atomic E-state index is 3.19. The van der Waals surface area contributed by atoms with Crippen LogP contribution in [0.3, 0.4) is 0 Å². The van der Waals surface area contributed by atoms with Crippen molar-refractivity contribution in [1.82, 2.24) is 10.2 Å². The molecule has 0 heterocycles. The van der Waals surface area contributed by atoms with Crippen LogP contribution in [0, 0.1) is 13.8 Å². The van der Waals surface area contributed by atoms with Gasteiger partial charge < -0.3 is 5.32 Å². The highest BCUT2D eigenvalue weighted by Crippen LogP contribution is 2.22. The topological polar surface area (TPSA) is 15.3 Å². The predicted octanol–water partition coefficient (Wildman–Crippen LogP) is 2.52. The van der Waals surface area contributed by atoms with Gasteiger partial charge in [0.15, 0.2) is 0 Å². The van der Waals surface area contributed by atoms with Gasteiger partial charge in [-0.25, -0.2) is 0 Å². The summed E-state index contributed by atoms with van der Waals surface area (Å²) < 4.78 is 0. The summed E-state index contributed by atoms with van der Waals surface area (Å²) in [5.41, 5.74) is 4.17. The molecule has 1 aromatic rings. The predicted molar refractivity (Wildman–Crippen MR) is 70.9 cm³/mol. The number of nitrogens with one attached hydrogen (secondary N) is 1. The second-order valence-electron chi connectivity index (χ2n) is 4.62. The summed E-state index contributed by atoms with van der Waals surface area (Å²) in [5, 5.41) is 3.19. The highest BCUT2D eigenvalue weighted by atomic mass is 15.1. The summed E-state index contributed by atoms with van der Waals surface area (Å²) in [6, 6.07) is 7.18. The molecule has 0 spiro atoms. The maximum absolute atomic E-state index is 3.19. The lowest BCUT2D eigenvalue weighted by Crippen LogP contribution is -2.30. The molecule has 0 aromatic heterocycles. The van der Waals surface area contributed by atoms with Crippen molar-refractivity contribution >= 4 is 0 Å². The van der Waals surface area contributed by atoms with Gasteiger partial charge in [-0.15, -0.1) is 0 Å². The molecular weight excluding hydrogens is 196 g/mol. The molecule has 0 aliphatic carbocycles. The van der Waals surface area contributed by atoms with Crippen LogP contribution >= 0.6 is 0 Å². The van der Waals surface area contributed by atoms with E-state index in [1.165, 1.54) is 16.7 Å². The van der Waals surface area contributed by atoms with E-state index >= 15 is 0 Å². The highest BCUT2D eigenvalue weighted by molar-refractivity contribution is 5.32. The van der Waals surface area contributed by atoms with Crippen LogP contribution in [0.15, 0.2) is 18.2 Å². The summed E-state index contributed by atoms with van der Waals surface area (Å²) in [6.07, 6.45) is 0. The van der Waals surface area contributed by atoms with Crippen molar-refractivity contribution < 1.29 is 0 Å². The Morgan fingerprint density at radius 3 is 2.62 bits per heavy atom. The van der Waals surface area contributed by atoms with Crippen LogP contribution in [0.1, 0.15) is 29.7 Å². The van der Waals surface area contributed by atoms with E-state index in [2.05, 4.69) is 56.2 Å². The molecule has 1 N–H and O–H groups in total. The molecule has 1 unspecified atom stereocenters. The van der Waals surface area contributed by atoms with Crippen molar-refractivity contribution in [2.24, 2.45) is 0 Å². The van der Waals surface area contributed by atoms with E-state index in [1.807, 2.05) is 7.05 Å². The normalized spacial score (nSPS) is 13.1. The summed E-state index contributed by atoms with van der Waals surface area (Å²) in [4.78, 5) is 2.39. The molecule has 1 rings (SSSR count). The summed E-state index contributed by atoms with van der Waals surface area (Å²) in [7, 11) is 4.18. The fourth-order valence-electron chi connectivity index (χ4n) is 1.93. The third-order valence-electron chi connectivity index (χ3n) is 3.26. The third kappa shape index (κ3) is 3.32. The number of rotatable bonds is 5. The van der Waals surface area contributed by atoms with Gasteiger partial charge in [0.2, 0.25) is 0 Å². The first-order valence-electron chi connectivity index (χ1n) is 5.98. The van der Waals surface area contributed by atoms with Gasteiger partial charge in [0, 0.05) is 19.1 Å². The molecular formula is C14H24N2. The standard InChI is InChI=1S/C14H24N2/c1-11-6-7-12(2)14(10-11)13(3)16(5)9-8-15-4/h6-7,10,13,15H,8-9H2,1-5H3. The Kier molecular flexibility index (Phi) is 4.97. The quantitative estimate of drug-likeness (QED) is 0.820. The molecule has 16 heavy (non-hydrogen) atoms. The molecule has 0 aliphatic heterocycles. The van der Waals surface area contributed by atoms with Gasteiger partial charge in [-0.3, -0.25) is 4.90 Å². The Labute approximate surface area is 99.7 Å². The lowest BCUT2D eigenvalue weighted by molar-refractivity contribution is 0.262. The zero-order valence-electron chi connectivity index (χ0n) is 11.2. The fraction of sp³-hybridized carbons (Fsp3) is 0.571. The minimum absolute atomic E-state index is 0.480. The van der Waals surface area contributed by atoms with E-state index in [9.17, 15) is 0 Å². The number of hydrogen-bond acceptors (Lipinski definition) is 2. The number of likely N-dealkylation sites (N-methyl/N-ethyl adjacent to an activating group) is 2. The Morgan fingerprint density at radius 1 is 1.31 bits per heavy atom. The number of benzene rings is 1. The van der Waals surface area contributed by atoms with Gasteiger partial charge in [0.25, 0.3) is 0 Å². The molecule has 2 heteroatoms. The van der Waals surface area contributed by atoms with Crippen molar-refractivity contribution in [3.63, 3.8) is 0 Å². The summed E-state index contributed by atoms with van der Waals surface area (Å²) >= 11 is 0. The van der Waals surface area contributed by atoms with Crippen LogP contribution in [0.4, 0.5) is 0 Å². The molecule has 0 fully saturated rings. The van der Waals surface area contributed by atoms with Crippen LogP contribution in [-0.2, 0) is 0 Å². The zero-order valence-corrected chi connectivity index (χ0v) is 11.2. The monoisotopic (exact) mass is 220 g/mol. The molecule has 90 valence electrons. The van der Waals surface area contributed by atoms with Gasteiger partial charge >= 0.3 is 0 Å². The molecule has 1 aromatic carbocycles. The minimum Gasteiger partial charge on any atom is -0.318 e. The van der Waals surface area contributed by atoms with Gasteiger partial charge in [0.05, 0.1) is 0 Å². The number of nitrogens with zero attached hydrogens (tertiary/aromatic N) is 1. The average Bonchev–Trinajstić information content (AvgIpc) is 2.28. The SMILES string of the molecule is CNCCN(C)C(C)c1cc(C)ccc1C. The third-order valence-corrected chi connectivity index (χ3v) is 3.26. The second kappa shape index (κ2) is 6.02. The van der Waals surface area contributed by atoms with E-state index in [0.717, 1.165) is 13.1 Å². The Morgan fingerprint density at radius 2 is 2.00 bits per heavy atom. The van der Waals surface area contributed by atoms with E-state index in [-0.39, 0.29) is 0 Å². The van der Waals surface area contributed by atoms with Gasteiger partial charge in [0.1, 0.15) is 0 Å². The molecule has 0 saturated carbocycles. The minimum atomic E-state index is 0.480. The van der Waals surface area contributed by atoms with Gasteiger partial charge in [-0.05, 0) is 46.0 Å². The van der Waals surface area contributed by atoms with Crippen molar-refractivity contribution in [1.29, 1.82) is 0 Å². The van der Waals surface area contributed by atoms with Crippen molar-refractivity contribution in [3.05, 3.63) is 34.9 Å².